The molecule has 2 atom stereocenters. The number of H-pyrrole nitrogens is 1. The highest BCUT2D eigenvalue weighted by molar-refractivity contribution is 6.23. The molecule has 35 heavy (non-hydrogen) atoms. The minimum absolute atomic E-state index is 0.593. The minimum atomic E-state index is 0.593. The van der Waals surface area contributed by atoms with E-state index in [1.165, 1.54) is 40.0 Å². The van der Waals surface area contributed by atoms with Gasteiger partial charge in [-0.3, -0.25) is 0 Å². The second-order valence-corrected chi connectivity index (χ2v) is 9.82. The van der Waals surface area contributed by atoms with Gasteiger partial charge in [0.25, 0.3) is 0 Å². The maximum Gasteiger partial charge on any atom is 0.145 e. The second-order valence-electron chi connectivity index (χ2n) is 9.82. The number of rotatable bonds is 3. The lowest BCUT2D eigenvalue weighted by Gasteiger charge is -2.14. The molecule has 1 fully saturated rings. The fourth-order valence-corrected chi connectivity index (χ4v) is 6.26. The molecule has 3 heterocycles. The molecule has 2 aliphatic rings. The van der Waals surface area contributed by atoms with Gasteiger partial charge in [-0.25, -0.2) is 0 Å². The molecule has 3 heteroatoms. The summed E-state index contributed by atoms with van der Waals surface area (Å²) in [6, 6.07) is 19.4. The molecule has 1 saturated carbocycles. The molecule has 0 bridgehead atoms. The first-order valence-corrected chi connectivity index (χ1v) is 12.3. The Labute approximate surface area is 202 Å². The third-order valence-corrected chi connectivity index (χ3v) is 7.90. The molecule has 0 radical (unpaired) electrons. The summed E-state index contributed by atoms with van der Waals surface area (Å²) in [6.07, 6.45) is 12.3. The number of nitrogens with one attached hydrogen (secondary N) is 1. The van der Waals surface area contributed by atoms with E-state index in [0.29, 0.717) is 11.8 Å². The Balaban J connectivity index is 1.44. The van der Waals surface area contributed by atoms with Gasteiger partial charge in [0, 0.05) is 50.1 Å². The van der Waals surface area contributed by atoms with Crippen LogP contribution in [0.3, 0.4) is 0 Å². The van der Waals surface area contributed by atoms with Gasteiger partial charge in [-0.2, -0.15) is 0 Å². The van der Waals surface area contributed by atoms with Gasteiger partial charge >= 0.3 is 0 Å². The van der Waals surface area contributed by atoms with E-state index in [2.05, 4.69) is 102 Å². The summed E-state index contributed by atoms with van der Waals surface area (Å²) in [4.78, 5) is 3.54. The van der Waals surface area contributed by atoms with Crippen LogP contribution in [0.15, 0.2) is 77.7 Å². The number of aromatic nitrogens is 2. The predicted molar refractivity (Wildman–Crippen MR) is 147 cm³/mol. The van der Waals surface area contributed by atoms with Crippen LogP contribution in [0.1, 0.15) is 41.8 Å². The Morgan fingerprint density at radius 1 is 1.03 bits per heavy atom. The van der Waals surface area contributed by atoms with Crippen LogP contribution in [0.25, 0.3) is 67.7 Å². The molecule has 0 aliphatic heterocycles. The zero-order valence-corrected chi connectivity index (χ0v) is 19.5. The third kappa shape index (κ3) is 2.45. The highest BCUT2D eigenvalue weighted by atomic mass is 16.3. The van der Waals surface area contributed by atoms with Crippen LogP contribution in [-0.2, 0) is 0 Å². The second kappa shape index (κ2) is 6.67. The number of benzene rings is 3. The van der Waals surface area contributed by atoms with Crippen molar-refractivity contribution < 1.29 is 4.42 Å². The lowest BCUT2D eigenvalue weighted by molar-refractivity contribution is 0.673. The van der Waals surface area contributed by atoms with Crippen LogP contribution in [0.5, 0.6) is 0 Å². The minimum Gasteiger partial charge on any atom is -0.455 e. The van der Waals surface area contributed by atoms with Crippen LogP contribution < -0.4 is 0 Å². The Morgan fingerprint density at radius 3 is 2.83 bits per heavy atom. The lowest BCUT2D eigenvalue weighted by atomic mass is 10.0. The number of aromatic amines is 1. The van der Waals surface area contributed by atoms with E-state index in [0.717, 1.165) is 38.4 Å². The summed E-state index contributed by atoms with van der Waals surface area (Å²) in [7, 11) is 0. The Bertz CT molecular complexity index is 1920. The van der Waals surface area contributed by atoms with Crippen molar-refractivity contribution in [2.45, 2.75) is 19.3 Å². The van der Waals surface area contributed by atoms with Gasteiger partial charge in [-0.1, -0.05) is 49.1 Å². The molecular weight excluding hydrogens is 428 g/mol. The van der Waals surface area contributed by atoms with E-state index in [1.807, 2.05) is 6.08 Å². The average molecular weight is 453 g/mol. The third-order valence-electron chi connectivity index (χ3n) is 7.90. The summed E-state index contributed by atoms with van der Waals surface area (Å²) >= 11 is 0. The van der Waals surface area contributed by atoms with Crippen LogP contribution in [0, 0.1) is 5.92 Å². The maximum absolute atomic E-state index is 6.50. The lowest BCUT2D eigenvalue weighted by Crippen LogP contribution is -2.03. The number of furan rings is 1. The molecule has 0 saturated heterocycles. The van der Waals surface area contributed by atoms with Gasteiger partial charge in [-0.15, -0.1) is 0 Å². The Hall–Kier alpha value is -4.24. The molecule has 2 unspecified atom stereocenters. The van der Waals surface area contributed by atoms with Crippen molar-refractivity contribution in [3.05, 3.63) is 95.8 Å². The molecule has 3 aromatic carbocycles. The Morgan fingerprint density at radius 2 is 1.94 bits per heavy atom. The predicted octanol–water partition coefficient (Wildman–Crippen LogP) is 8.82. The Kier molecular flexibility index (Phi) is 3.64. The van der Waals surface area contributed by atoms with Crippen molar-refractivity contribution in [1.82, 2.24) is 9.55 Å². The zero-order valence-electron chi connectivity index (χ0n) is 19.5. The van der Waals surface area contributed by atoms with Crippen LogP contribution >= 0.6 is 0 Å². The summed E-state index contributed by atoms with van der Waals surface area (Å²) in [5, 5.41) is 4.66. The van der Waals surface area contributed by atoms with E-state index in [4.69, 9.17) is 4.42 Å². The molecule has 2 aliphatic carbocycles. The first kappa shape index (κ1) is 19.1. The van der Waals surface area contributed by atoms with Crippen molar-refractivity contribution >= 4 is 62.0 Å². The smallest absolute Gasteiger partial charge is 0.145 e. The molecular formula is C32H24N2O. The van der Waals surface area contributed by atoms with Crippen molar-refractivity contribution in [3.8, 4) is 5.69 Å². The first-order valence-electron chi connectivity index (χ1n) is 12.3. The molecule has 1 N–H and O–H groups in total. The number of allylic oxidation sites excluding steroid dienone is 2. The number of hydrogen-bond acceptors (Lipinski definition) is 1. The van der Waals surface area contributed by atoms with E-state index in [9.17, 15) is 0 Å². The van der Waals surface area contributed by atoms with E-state index >= 15 is 0 Å². The van der Waals surface area contributed by atoms with E-state index < -0.39 is 0 Å². The summed E-state index contributed by atoms with van der Waals surface area (Å²) in [5.41, 5.74) is 10.5. The molecule has 0 spiro atoms. The number of hydrogen-bond donors (Lipinski definition) is 1. The normalized spacial score (nSPS) is 18.8. The molecule has 168 valence electrons. The largest absolute Gasteiger partial charge is 0.455 e. The van der Waals surface area contributed by atoms with Crippen molar-refractivity contribution in [2.75, 3.05) is 0 Å². The topological polar surface area (TPSA) is 33.9 Å². The molecule has 8 rings (SSSR count). The summed E-state index contributed by atoms with van der Waals surface area (Å²) in [5.74, 6) is 1.26. The van der Waals surface area contributed by atoms with Gasteiger partial charge in [-0.05, 0) is 61.7 Å². The van der Waals surface area contributed by atoms with E-state index in [-0.39, 0.29) is 0 Å². The fourth-order valence-electron chi connectivity index (χ4n) is 6.26. The van der Waals surface area contributed by atoms with E-state index in [1.54, 1.807) is 0 Å². The summed E-state index contributed by atoms with van der Waals surface area (Å²) < 4.78 is 8.96. The quantitative estimate of drug-likeness (QED) is 0.286. The average Bonchev–Trinajstić information content (AvgIpc) is 3.29. The van der Waals surface area contributed by atoms with Crippen molar-refractivity contribution in [1.29, 1.82) is 0 Å². The first-order chi connectivity index (χ1) is 17.3. The molecule has 0 amide bonds. The molecule has 3 nitrogen and oxygen atoms in total. The van der Waals surface area contributed by atoms with Crippen LogP contribution in [0.4, 0.5) is 0 Å². The number of nitrogens with zero attached hydrogens (tertiary/aromatic N) is 1. The SMILES string of the molecule is C=Cc1c2c(n(-c3ccc4oc5c(ccc6[nH]c7ccccc7c65)c4c3)c1/C=C\C)C1CC1C=C2. The highest BCUT2D eigenvalue weighted by Crippen LogP contribution is 2.55. The number of para-hydroxylation sites is 1. The van der Waals surface area contributed by atoms with Crippen LogP contribution in [0.2, 0.25) is 0 Å². The molecule has 3 aromatic heterocycles. The van der Waals surface area contributed by atoms with Gasteiger partial charge in [0.1, 0.15) is 11.2 Å². The van der Waals surface area contributed by atoms with Gasteiger partial charge in [0.2, 0.25) is 0 Å². The standard InChI is InChI=1S/C32H24N2O/c1-3-7-28-20(4-2)21-12-10-18-16-24(18)31(21)34(28)19-11-15-29-25(17-19)22-13-14-27-30(32(22)35-29)23-8-5-6-9-26(23)33-27/h3-15,17-18,24,33H,2,16H2,1H3/b7-3-. The molecule has 6 aromatic rings. The van der Waals surface area contributed by atoms with Gasteiger partial charge in [0.15, 0.2) is 0 Å². The highest BCUT2D eigenvalue weighted by Gasteiger charge is 2.43. The zero-order chi connectivity index (χ0) is 23.3. The van der Waals surface area contributed by atoms with Gasteiger partial charge in [0.05, 0.1) is 16.6 Å². The number of fused-ring (bicyclic) bond motifs is 10. The van der Waals surface area contributed by atoms with Crippen LogP contribution in [-0.4, -0.2) is 9.55 Å². The fraction of sp³-hybridized carbons (Fsp3) is 0.125. The van der Waals surface area contributed by atoms with Crippen molar-refractivity contribution in [3.63, 3.8) is 0 Å². The van der Waals surface area contributed by atoms with Crippen molar-refractivity contribution in [2.24, 2.45) is 5.92 Å². The monoisotopic (exact) mass is 452 g/mol. The summed E-state index contributed by atoms with van der Waals surface area (Å²) in [6.45, 7) is 6.24. The maximum atomic E-state index is 6.50. The van der Waals surface area contributed by atoms with Gasteiger partial charge < -0.3 is 14.0 Å².